The molecule has 9 nitrogen and oxygen atoms in total. The van der Waals surface area contributed by atoms with Gasteiger partial charge in [-0.1, -0.05) is 12.1 Å². The SMILES string of the molecule is O=C(NC12CC(C1)C2)c1c(O)c2cc(-c3ccc(OC(F)F)cc3)cnc2n(CCN2CCOCC2)c1=O. The first kappa shape index (κ1) is 24.7. The molecule has 4 fully saturated rings. The summed E-state index contributed by atoms with van der Waals surface area (Å²) in [6.45, 7) is 0.634. The van der Waals surface area contributed by atoms with E-state index < -0.39 is 23.8 Å². The quantitative estimate of drug-likeness (QED) is 0.465. The van der Waals surface area contributed by atoms with Gasteiger partial charge in [-0.05, 0) is 48.9 Å². The normalized spacial score (nSPS) is 22.7. The van der Waals surface area contributed by atoms with Gasteiger partial charge in [-0.15, -0.1) is 0 Å². The zero-order valence-corrected chi connectivity index (χ0v) is 20.7. The van der Waals surface area contributed by atoms with Crippen LogP contribution in [0.15, 0.2) is 41.3 Å². The molecule has 38 heavy (non-hydrogen) atoms. The van der Waals surface area contributed by atoms with E-state index in [0.29, 0.717) is 36.8 Å². The zero-order chi connectivity index (χ0) is 26.4. The molecule has 0 radical (unpaired) electrons. The number of carbonyl (C=O) groups is 1. The van der Waals surface area contributed by atoms with E-state index in [1.54, 1.807) is 24.4 Å². The zero-order valence-electron chi connectivity index (χ0n) is 20.7. The first-order valence-corrected chi connectivity index (χ1v) is 12.8. The Morgan fingerprint density at radius 3 is 2.50 bits per heavy atom. The number of fused-ring (bicyclic) bond motifs is 1. The number of benzene rings is 1. The Balaban J connectivity index is 1.39. The van der Waals surface area contributed by atoms with Crippen molar-refractivity contribution in [2.75, 3.05) is 32.8 Å². The van der Waals surface area contributed by atoms with Gasteiger partial charge in [0.2, 0.25) is 0 Å². The van der Waals surface area contributed by atoms with E-state index in [1.165, 1.54) is 16.7 Å². The molecule has 0 unspecified atom stereocenters. The molecular weight excluding hydrogens is 498 g/mol. The van der Waals surface area contributed by atoms with E-state index in [9.17, 15) is 23.5 Å². The number of amides is 1. The average molecular weight is 527 g/mol. The van der Waals surface area contributed by atoms with Crippen molar-refractivity contribution in [3.05, 3.63) is 52.4 Å². The lowest BCUT2D eigenvalue weighted by Crippen LogP contribution is -2.68. The minimum Gasteiger partial charge on any atom is -0.506 e. The fraction of sp³-hybridized carbons (Fsp3) is 0.444. The molecular formula is C27H28F2N4O5. The third-order valence-electron chi connectivity index (χ3n) is 7.87. The first-order valence-electron chi connectivity index (χ1n) is 12.8. The topological polar surface area (TPSA) is 106 Å². The number of hydrogen-bond acceptors (Lipinski definition) is 7. The molecule has 2 bridgehead atoms. The monoisotopic (exact) mass is 526 g/mol. The number of aromatic nitrogens is 2. The van der Waals surface area contributed by atoms with Crippen molar-refractivity contribution in [3.8, 4) is 22.6 Å². The molecule has 7 rings (SSSR count). The van der Waals surface area contributed by atoms with E-state index in [4.69, 9.17) is 4.74 Å². The largest absolute Gasteiger partial charge is 0.506 e. The van der Waals surface area contributed by atoms with E-state index in [2.05, 4.69) is 19.9 Å². The Kier molecular flexibility index (Phi) is 6.27. The predicted molar refractivity (Wildman–Crippen MR) is 135 cm³/mol. The van der Waals surface area contributed by atoms with Crippen molar-refractivity contribution in [3.63, 3.8) is 0 Å². The molecule has 3 aliphatic carbocycles. The number of nitrogens with zero attached hydrogens (tertiary/aromatic N) is 3. The van der Waals surface area contributed by atoms with E-state index in [-0.39, 0.29) is 34.4 Å². The molecule has 200 valence electrons. The fourth-order valence-corrected chi connectivity index (χ4v) is 5.71. The number of halogens is 2. The van der Waals surface area contributed by atoms with Crippen LogP contribution in [-0.2, 0) is 11.3 Å². The van der Waals surface area contributed by atoms with Crippen LogP contribution in [0.25, 0.3) is 22.2 Å². The van der Waals surface area contributed by atoms with Crippen LogP contribution in [0.3, 0.4) is 0 Å². The summed E-state index contributed by atoms with van der Waals surface area (Å²) in [5.41, 5.74) is 0.358. The van der Waals surface area contributed by atoms with Crippen LogP contribution in [0.1, 0.15) is 29.6 Å². The number of nitrogens with one attached hydrogen (secondary N) is 1. The summed E-state index contributed by atoms with van der Waals surface area (Å²) in [6.07, 6.45) is 4.25. The summed E-state index contributed by atoms with van der Waals surface area (Å²) in [5.74, 6) is -0.338. The number of aromatic hydroxyl groups is 1. The highest BCUT2D eigenvalue weighted by molar-refractivity contribution is 6.02. The molecule has 1 amide bonds. The molecule has 2 aromatic heterocycles. The summed E-state index contributed by atoms with van der Waals surface area (Å²) in [4.78, 5) is 33.6. The Labute approximate surface area is 217 Å². The van der Waals surface area contributed by atoms with Crippen molar-refractivity contribution in [1.82, 2.24) is 19.8 Å². The van der Waals surface area contributed by atoms with Gasteiger partial charge in [0.15, 0.2) is 0 Å². The summed E-state index contributed by atoms with van der Waals surface area (Å²) in [6, 6.07) is 7.68. The summed E-state index contributed by atoms with van der Waals surface area (Å²) < 4.78 is 36.3. The van der Waals surface area contributed by atoms with Gasteiger partial charge in [-0.25, -0.2) is 4.98 Å². The van der Waals surface area contributed by atoms with Gasteiger partial charge >= 0.3 is 6.61 Å². The maximum Gasteiger partial charge on any atom is 0.387 e. The second-order valence-electron chi connectivity index (χ2n) is 10.3. The second kappa shape index (κ2) is 9.63. The molecule has 4 aliphatic rings. The molecule has 2 N–H and O–H groups in total. The minimum absolute atomic E-state index is 0.0184. The van der Waals surface area contributed by atoms with Crippen LogP contribution in [0, 0.1) is 5.92 Å². The first-order chi connectivity index (χ1) is 18.3. The number of carbonyl (C=O) groups excluding carboxylic acids is 1. The highest BCUT2D eigenvalue weighted by Crippen LogP contribution is 2.57. The van der Waals surface area contributed by atoms with Gasteiger partial charge in [0, 0.05) is 43.5 Å². The molecule has 3 heterocycles. The van der Waals surface area contributed by atoms with Crippen LogP contribution < -0.4 is 15.6 Å². The average Bonchev–Trinajstić information content (AvgIpc) is 2.86. The molecule has 3 aromatic rings. The third-order valence-corrected chi connectivity index (χ3v) is 7.87. The van der Waals surface area contributed by atoms with Crippen molar-refractivity contribution in [2.24, 2.45) is 5.92 Å². The van der Waals surface area contributed by atoms with Gasteiger partial charge in [-0.2, -0.15) is 8.78 Å². The Bertz CT molecular complexity index is 1420. The van der Waals surface area contributed by atoms with Crippen molar-refractivity contribution >= 4 is 16.9 Å². The highest BCUT2D eigenvalue weighted by Gasteiger charge is 2.57. The minimum atomic E-state index is -2.93. The van der Waals surface area contributed by atoms with Gasteiger partial charge in [0.25, 0.3) is 11.5 Å². The van der Waals surface area contributed by atoms with Crippen LogP contribution >= 0.6 is 0 Å². The molecule has 1 aliphatic heterocycles. The summed E-state index contributed by atoms with van der Waals surface area (Å²) >= 11 is 0. The van der Waals surface area contributed by atoms with Crippen LogP contribution in [0.5, 0.6) is 11.5 Å². The predicted octanol–water partition coefficient (Wildman–Crippen LogP) is 2.99. The fourth-order valence-electron chi connectivity index (χ4n) is 5.71. The Morgan fingerprint density at radius 1 is 1.16 bits per heavy atom. The Hall–Kier alpha value is -3.57. The number of morpholine rings is 1. The van der Waals surface area contributed by atoms with Gasteiger partial charge < -0.3 is 19.9 Å². The third kappa shape index (κ3) is 4.49. The van der Waals surface area contributed by atoms with Crippen molar-refractivity contribution in [2.45, 2.75) is 38.0 Å². The van der Waals surface area contributed by atoms with Gasteiger partial charge in [-0.3, -0.25) is 19.1 Å². The number of pyridine rings is 2. The standard InChI is InChI=1S/C27H28F2N4O5/c28-26(29)38-19-3-1-17(2-4-19)18-11-20-22(34)21(24(35)31-27-12-16(13-27)14-27)25(36)33(23(20)30-15-18)6-5-32-7-9-37-10-8-32/h1-4,11,15-16,26,34H,5-10,12-14H2,(H,31,35). The lowest BCUT2D eigenvalue weighted by atomic mass is 9.50. The maximum absolute atomic E-state index is 13.6. The number of ether oxygens (including phenoxy) is 2. The summed E-state index contributed by atoms with van der Waals surface area (Å²) in [5, 5.41) is 14.5. The number of alkyl halides is 2. The molecule has 3 saturated carbocycles. The maximum atomic E-state index is 13.6. The molecule has 1 aromatic carbocycles. The van der Waals surface area contributed by atoms with Crippen LogP contribution in [-0.4, -0.2) is 70.5 Å². The van der Waals surface area contributed by atoms with E-state index >= 15 is 0 Å². The Morgan fingerprint density at radius 2 is 1.87 bits per heavy atom. The van der Waals surface area contributed by atoms with E-state index in [1.807, 2.05) is 0 Å². The summed E-state index contributed by atoms with van der Waals surface area (Å²) in [7, 11) is 0. The second-order valence-corrected chi connectivity index (χ2v) is 10.3. The number of hydrogen-bond donors (Lipinski definition) is 2. The number of rotatable bonds is 8. The van der Waals surface area contributed by atoms with E-state index in [0.717, 1.165) is 32.4 Å². The van der Waals surface area contributed by atoms with Crippen molar-refractivity contribution < 1.29 is 28.2 Å². The van der Waals surface area contributed by atoms with Gasteiger partial charge in [0.1, 0.15) is 22.7 Å². The smallest absolute Gasteiger partial charge is 0.387 e. The molecule has 0 atom stereocenters. The lowest BCUT2D eigenvalue weighted by Gasteiger charge is -2.61. The van der Waals surface area contributed by atoms with Crippen LogP contribution in [0.2, 0.25) is 0 Å². The molecule has 11 heteroatoms. The molecule has 1 saturated heterocycles. The van der Waals surface area contributed by atoms with Crippen molar-refractivity contribution in [1.29, 1.82) is 0 Å². The van der Waals surface area contributed by atoms with Crippen LogP contribution in [0.4, 0.5) is 8.78 Å². The van der Waals surface area contributed by atoms with Gasteiger partial charge in [0.05, 0.1) is 18.6 Å². The highest BCUT2D eigenvalue weighted by atomic mass is 19.3. The lowest BCUT2D eigenvalue weighted by molar-refractivity contribution is -0.0498. The molecule has 0 spiro atoms.